The lowest BCUT2D eigenvalue weighted by atomic mass is 9.89. The molecular formula is C33H38N6O2. The maximum Gasteiger partial charge on any atom is 0.315 e. The summed E-state index contributed by atoms with van der Waals surface area (Å²) in [5, 5.41) is 0. The number of rotatable bonds is 4. The molecule has 8 nitrogen and oxygen atoms in total. The second-order valence-corrected chi connectivity index (χ2v) is 13.4. The molecule has 8 aliphatic rings. The van der Waals surface area contributed by atoms with Crippen molar-refractivity contribution in [3.05, 3.63) is 59.7 Å². The third kappa shape index (κ3) is 3.62. The number of allylic oxidation sites excluding steroid dienone is 1. The molecule has 1 aromatic rings. The van der Waals surface area contributed by atoms with E-state index in [0.29, 0.717) is 18.5 Å². The minimum atomic E-state index is -0.281. The van der Waals surface area contributed by atoms with Crippen LogP contribution in [-0.4, -0.2) is 94.8 Å². The highest BCUT2D eigenvalue weighted by atomic mass is 16.5. The molecule has 2 aliphatic carbocycles. The first-order valence-corrected chi connectivity index (χ1v) is 15.7. The number of aliphatic imine (C=N–C) groups is 3. The van der Waals surface area contributed by atoms with Crippen molar-refractivity contribution in [2.24, 2.45) is 26.8 Å². The Labute approximate surface area is 241 Å². The van der Waals surface area contributed by atoms with Gasteiger partial charge in [0.15, 0.2) is 6.17 Å². The van der Waals surface area contributed by atoms with Crippen molar-refractivity contribution in [1.29, 1.82) is 0 Å². The van der Waals surface area contributed by atoms with E-state index in [9.17, 15) is 4.79 Å². The lowest BCUT2D eigenvalue weighted by molar-refractivity contribution is -0.129. The van der Waals surface area contributed by atoms with Crippen LogP contribution >= 0.6 is 0 Å². The van der Waals surface area contributed by atoms with Crippen molar-refractivity contribution in [1.82, 2.24) is 14.7 Å². The molecule has 0 N–H and O–H groups in total. The lowest BCUT2D eigenvalue weighted by Crippen LogP contribution is -2.66. The zero-order valence-electron chi connectivity index (χ0n) is 23.6. The molecule has 6 atom stereocenters. The Morgan fingerprint density at radius 2 is 2.02 bits per heavy atom. The van der Waals surface area contributed by atoms with Gasteiger partial charge in [-0.3, -0.25) is 14.7 Å². The van der Waals surface area contributed by atoms with Crippen LogP contribution in [0.2, 0.25) is 0 Å². The van der Waals surface area contributed by atoms with E-state index in [2.05, 4.69) is 46.7 Å². The molecule has 212 valence electrons. The molecule has 9 rings (SSSR count). The van der Waals surface area contributed by atoms with Gasteiger partial charge >= 0.3 is 6.02 Å². The number of carbonyl (C=O) groups excluding carboxylic acids is 1. The number of dihydropyridines is 1. The van der Waals surface area contributed by atoms with Crippen LogP contribution in [0.15, 0.2) is 58.0 Å². The van der Waals surface area contributed by atoms with Crippen molar-refractivity contribution in [3.63, 3.8) is 0 Å². The predicted molar refractivity (Wildman–Crippen MR) is 158 cm³/mol. The SMILES string of the molecule is C=CC(=O)N1CC[C@@H]2[C@H]1CN2C1=NC(OCC23CCCN2CCC3)=NC2N=C(c3cccc4c3C3CC3C4)C=CC12. The van der Waals surface area contributed by atoms with Gasteiger partial charge in [0, 0.05) is 18.7 Å². The monoisotopic (exact) mass is 550 g/mol. The first-order valence-electron chi connectivity index (χ1n) is 15.7. The van der Waals surface area contributed by atoms with Gasteiger partial charge in [-0.25, -0.2) is 4.99 Å². The third-order valence-electron chi connectivity index (χ3n) is 11.4. The second-order valence-electron chi connectivity index (χ2n) is 13.4. The van der Waals surface area contributed by atoms with Crippen molar-refractivity contribution in [2.75, 3.05) is 32.8 Å². The van der Waals surface area contributed by atoms with Crippen molar-refractivity contribution in [2.45, 2.75) is 74.7 Å². The standard InChI is InChI=1S/C33H38N6O2/c1-2-28(40)38-15-10-26-27(38)18-39(26)31-23-8-9-25(22-7-3-6-20-16-21-17-24(21)29(20)22)34-30(23)35-32(36-31)41-19-33-11-4-13-37(33)14-5-12-33/h2-3,6-9,21,23-24,26-27,30H,1,4-5,10-19H2/t21?,23?,24?,26-,27-,30?/m1/s1. The van der Waals surface area contributed by atoms with Gasteiger partial charge in [-0.1, -0.05) is 30.9 Å². The van der Waals surface area contributed by atoms with Gasteiger partial charge in [0.25, 0.3) is 0 Å². The van der Waals surface area contributed by atoms with Crippen molar-refractivity contribution >= 4 is 23.5 Å². The summed E-state index contributed by atoms with van der Waals surface area (Å²) >= 11 is 0. The van der Waals surface area contributed by atoms with E-state index in [1.54, 1.807) is 0 Å². The molecule has 1 saturated carbocycles. The zero-order valence-corrected chi connectivity index (χ0v) is 23.6. The molecule has 1 aromatic carbocycles. The van der Waals surface area contributed by atoms with Gasteiger partial charge in [0.1, 0.15) is 12.4 Å². The predicted octanol–water partition coefficient (Wildman–Crippen LogP) is 3.53. The number of nitrogens with zero attached hydrogens (tertiary/aromatic N) is 6. The first kappa shape index (κ1) is 24.3. The summed E-state index contributed by atoms with van der Waals surface area (Å²) in [6.45, 7) is 8.27. The van der Waals surface area contributed by atoms with Gasteiger partial charge < -0.3 is 14.5 Å². The number of amidine groups is 2. The number of fused-ring (bicyclic) bond motifs is 6. The highest BCUT2D eigenvalue weighted by Gasteiger charge is 2.52. The zero-order chi connectivity index (χ0) is 27.3. The van der Waals surface area contributed by atoms with E-state index in [0.717, 1.165) is 37.0 Å². The topological polar surface area (TPSA) is 73.1 Å². The Morgan fingerprint density at radius 1 is 1.15 bits per heavy atom. The van der Waals surface area contributed by atoms with E-state index < -0.39 is 0 Å². The van der Waals surface area contributed by atoms with Crippen LogP contribution in [0.5, 0.6) is 0 Å². The van der Waals surface area contributed by atoms with Crippen LogP contribution in [0.4, 0.5) is 0 Å². The average molecular weight is 551 g/mol. The Kier molecular flexibility index (Phi) is 5.27. The molecule has 8 heteroatoms. The molecule has 0 spiro atoms. The number of amides is 1. The summed E-state index contributed by atoms with van der Waals surface area (Å²) < 4.78 is 6.52. The van der Waals surface area contributed by atoms with Gasteiger partial charge in [-0.2, -0.15) is 4.99 Å². The Hall–Kier alpha value is -3.26. The fourth-order valence-electron chi connectivity index (χ4n) is 9.18. The quantitative estimate of drug-likeness (QED) is 0.538. The normalized spacial score (nSPS) is 35.4. The number of likely N-dealkylation sites (tertiary alicyclic amines) is 2. The molecule has 6 aliphatic heterocycles. The van der Waals surface area contributed by atoms with E-state index in [4.69, 9.17) is 19.7 Å². The number of carbonyl (C=O) groups is 1. The van der Waals surface area contributed by atoms with Crippen LogP contribution in [0.3, 0.4) is 0 Å². The first-order chi connectivity index (χ1) is 20.1. The molecule has 5 fully saturated rings. The summed E-state index contributed by atoms with van der Waals surface area (Å²) in [5.41, 5.74) is 5.49. The van der Waals surface area contributed by atoms with Gasteiger partial charge in [-0.15, -0.1) is 0 Å². The maximum atomic E-state index is 12.4. The number of benzene rings is 1. The summed E-state index contributed by atoms with van der Waals surface area (Å²) in [6.07, 6.45) is 14.0. The van der Waals surface area contributed by atoms with Gasteiger partial charge in [0.05, 0.1) is 29.3 Å². The summed E-state index contributed by atoms with van der Waals surface area (Å²) in [5.74, 6) is 2.56. The maximum absolute atomic E-state index is 12.4. The molecule has 4 unspecified atom stereocenters. The fraction of sp³-hybridized carbons (Fsp3) is 0.576. The Balaban J connectivity index is 1.03. The largest absolute Gasteiger partial charge is 0.462 e. The minimum absolute atomic E-state index is 0.0192. The van der Waals surface area contributed by atoms with Crippen LogP contribution in [0.1, 0.15) is 61.1 Å². The molecule has 6 heterocycles. The van der Waals surface area contributed by atoms with Gasteiger partial charge in [0.2, 0.25) is 5.91 Å². The number of hydrogen-bond acceptors (Lipinski definition) is 7. The summed E-state index contributed by atoms with van der Waals surface area (Å²) in [7, 11) is 0. The molecular weight excluding hydrogens is 512 g/mol. The molecule has 41 heavy (non-hydrogen) atoms. The Morgan fingerprint density at radius 3 is 2.88 bits per heavy atom. The van der Waals surface area contributed by atoms with E-state index >= 15 is 0 Å². The van der Waals surface area contributed by atoms with Crippen LogP contribution < -0.4 is 0 Å². The van der Waals surface area contributed by atoms with Crippen LogP contribution in [-0.2, 0) is 16.0 Å². The molecule has 0 bridgehead atoms. The summed E-state index contributed by atoms with van der Waals surface area (Å²) in [6, 6.07) is 7.72. The highest BCUT2D eigenvalue weighted by Crippen LogP contribution is 2.57. The Bertz CT molecular complexity index is 1450. The lowest BCUT2D eigenvalue weighted by Gasteiger charge is -2.50. The van der Waals surface area contributed by atoms with E-state index in [1.807, 2.05) is 4.90 Å². The van der Waals surface area contributed by atoms with Crippen molar-refractivity contribution in [3.8, 4) is 0 Å². The van der Waals surface area contributed by atoms with Crippen molar-refractivity contribution < 1.29 is 9.53 Å². The average Bonchev–Trinajstić information content (AvgIpc) is 3.28. The van der Waals surface area contributed by atoms with E-state index in [-0.39, 0.29) is 35.6 Å². The molecule has 1 amide bonds. The number of ether oxygens (including phenoxy) is 1. The van der Waals surface area contributed by atoms with Gasteiger partial charge in [-0.05, 0) is 93.2 Å². The third-order valence-corrected chi connectivity index (χ3v) is 11.4. The summed E-state index contributed by atoms with van der Waals surface area (Å²) in [4.78, 5) is 34.9. The van der Waals surface area contributed by atoms with Crippen LogP contribution in [0, 0.1) is 11.8 Å². The highest BCUT2D eigenvalue weighted by molar-refractivity contribution is 6.12. The smallest absolute Gasteiger partial charge is 0.315 e. The molecule has 0 aromatic heterocycles. The van der Waals surface area contributed by atoms with Crippen LogP contribution in [0.25, 0.3) is 0 Å². The second kappa shape index (κ2) is 8.87. The van der Waals surface area contributed by atoms with E-state index in [1.165, 1.54) is 74.4 Å². The minimum Gasteiger partial charge on any atom is -0.462 e. The fourth-order valence-corrected chi connectivity index (χ4v) is 9.18. The molecule has 4 saturated heterocycles. The number of hydrogen-bond donors (Lipinski definition) is 0. The molecule has 0 radical (unpaired) electrons.